The molecule has 1 aromatic heterocycles. The first-order valence-electron chi connectivity index (χ1n) is 5.46. The Labute approximate surface area is 109 Å². The van der Waals surface area contributed by atoms with Crippen LogP contribution in [0.15, 0.2) is 23.6 Å². The molecule has 0 spiro atoms. The molecule has 0 saturated heterocycles. The zero-order valence-electron chi connectivity index (χ0n) is 10.1. The number of nitro benzene ring substituents is 1. The molecule has 1 heterocycles. The summed E-state index contributed by atoms with van der Waals surface area (Å²) in [6.07, 6.45) is 0. The van der Waals surface area contributed by atoms with E-state index < -0.39 is 0 Å². The van der Waals surface area contributed by atoms with Gasteiger partial charge >= 0.3 is 0 Å². The number of aryl methyl sites for hydroxylation is 2. The lowest BCUT2D eigenvalue weighted by Crippen LogP contribution is -2.00. The molecule has 0 aliphatic carbocycles. The van der Waals surface area contributed by atoms with Gasteiger partial charge in [-0.15, -0.1) is 11.3 Å². The van der Waals surface area contributed by atoms with Crippen molar-refractivity contribution in [3.8, 4) is 0 Å². The van der Waals surface area contributed by atoms with Crippen molar-refractivity contribution < 1.29 is 4.92 Å². The van der Waals surface area contributed by atoms with Crippen molar-refractivity contribution in [3.63, 3.8) is 0 Å². The fourth-order valence-corrected chi connectivity index (χ4v) is 2.29. The van der Waals surface area contributed by atoms with E-state index >= 15 is 0 Å². The summed E-state index contributed by atoms with van der Waals surface area (Å²) in [4.78, 5) is 14.8. The first-order valence-corrected chi connectivity index (χ1v) is 6.34. The predicted octanol–water partition coefficient (Wildman–Crippen LogP) is 3.28. The maximum absolute atomic E-state index is 10.8. The highest BCUT2D eigenvalue weighted by molar-refractivity contribution is 7.09. The Morgan fingerprint density at radius 3 is 2.83 bits per heavy atom. The molecule has 2 aromatic rings. The van der Waals surface area contributed by atoms with Gasteiger partial charge in [0.05, 0.1) is 11.5 Å². The number of hydrogen-bond acceptors (Lipinski definition) is 5. The van der Waals surface area contributed by atoms with Crippen molar-refractivity contribution >= 4 is 22.7 Å². The Balaban J connectivity index is 2.10. The van der Waals surface area contributed by atoms with Gasteiger partial charge in [0.2, 0.25) is 0 Å². The lowest BCUT2D eigenvalue weighted by atomic mass is 10.2. The molecule has 0 radical (unpaired) electrons. The molecular formula is C12H13N3O2S. The predicted molar refractivity (Wildman–Crippen MR) is 72.0 cm³/mol. The van der Waals surface area contributed by atoms with E-state index in [0.717, 1.165) is 16.4 Å². The number of thiazole rings is 1. The van der Waals surface area contributed by atoms with Crippen LogP contribution < -0.4 is 5.32 Å². The normalized spacial score (nSPS) is 10.3. The highest BCUT2D eigenvalue weighted by atomic mass is 32.1. The van der Waals surface area contributed by atoms with Crippen molar-refractivity contribution in [2.24, 2.45) is 0 Å². The van der Waals surface area contributed by atoms with Crippen molar-refractivity contribution in [2.45, 2.75) is 20.4 Å². The van der Waals surface area contributed by atoms with Crippen LogP contribution in [0.25, 0.3) is 0 Å². The number of nitrogens with one attached hydrogen (secondary N) is 1. The van der Waals surface area contributed by atoms with Crippen LogP contribution in [0, 0.1) is 24.0 Å². The van der Waals surface area contributed by atoms with Crippen LogP contribution in [-0.2, 0) is 6.54 Å². The van der Waals surface area contributed by atoms with Crippen LogP contribution in [-0.4, -0.2) is 9.91 Å². The summed E-state index contributed by atoms with van der Waals surface area (Å²) in [5.74, 6) is 0. The molecule has 0 aliphatic rings. The SMILES string of the molecule is Cc1csc(CNc2ccc(C)c([N+](=O)[O-])c2)n1. The topological polar surface area (TPSA) is 68.1 Å². The third kappa shape index (κ3) is 2.84. The molecule has 5 nitrogen and oxygen atoms in total. The first-order chi connectivity index (χ1) is 8.56. The fourth-order valence-electron chi connectivity index (χ4n) is 1.58. The number of benzene rings is 1. The molecule has 0 atom stereocenters. The lowest BCUT2D eigenvalue weighted by Gasteiger charge is -2.05. The van der Waals surface area contributed by atoms with E-state index in [0.29, 0.717) is 12.1 Å². The average molecular weight is 263 g/mol. The molecule has 0 bridgehead atoms. The van der Waals surface area contributed by atoms with Gasteiger partial charge in [0.25, 0.3) is 5.69 Å². The Hall–Kier alpha value is -1.95. The summed E-state index contributed by atoms with van der Waals surface area (Å²) < 4.78 is 0. The standard InChI is InChI=1S/C12H13N3O2S/c1-8-3-4-10(5-11(8)15(16)17)13-6-12-14-9(2)7-18-12/h3-5,7,13H,6H2,1-2H3. The number of anilines is 1. The monoisotopic (exact) mass is 263 g/mol. The smallest absolute Gasteiger partial charge is 0.274 e. The number of nitro groups is 1. The van der Waals surface area contributed by atoms with Gasteiger partial charge in [-0.25, -0.2) is 4.98 Å². The summed E-state index contributed by atoms with van der Waals surface area (Å²) in [5.41, 5.74) is 2.53. The van der Waals surface area contributed by atoms with E-state index in [1.807, 2.05) is 18.4 Å². The van der Waals surface area contributed by atoms with Crippen molar-refractivity contribution in [3.05, 3.63) is 50.0 Å². The zero-order chi connectivity index (χ0) is 13.1. The van der Waals surface area contributed by atoms with Gasteiger partial charge in [0.1, 0.15) is 5.01 Å². The molecule has 0 amide bonds. The summed E-state index contributed by atoms with van der Waals surface area (Å²) in [7, 11) is 0. The minimum absolute atomic E-state index is 0.135. The van der Waals surface area contributed by atoms with Gasteiger partial charge in [-0.05, 0) is 19.9 Å². The van der Waals surface area contributed by atoms with E-state index in [1.165, 1.54) is 0 Å². The fraction of sp³-hybridized carbons (Fsp3) is 0.250. The van der Waals surface area contributed by atoms with Crippen molar-refractivity contribution in [2.75, 3.05) is 5.32 Å². The lowest BCUT2D eigenvalue weighted by molar-refractivity contribution is -0.385. The number of nitrogens with zero attached hydrogens (tertiary/aromatic N) is 2. The maximum atomic E-state index is 10.8. The van der Waals surface area contributed by atoms with Crippen LogP contribution >= 0.6 is 11.3 Å². The molecule has 1 N–H and O–H groups in total. The average Bonchev–Trinajstić information content (AvgIpc) is 2.74. The Bertz CT molecular complexity index is 580. The van der Waals surface area contributed by atoms with E-state index in [9.17, 15) is 10.1 Å². The van der Waals surface area contributed by atoms with Gasteiger partial charge < -0.3 is 5.32 Å². The summed E-state index contributed by atoms with van der Waals surface area (Å²) in [6.45, 7) is 4.25. The van der Waals surface area contributed by atoms with E-state index in [4.69, 9.17) is 0 Å². The number of hydrogen-bond donors (Lipinski definition) is 1. The van der Waals surface area contributed by atoms with E-state index in [2.05, 4.69) is 10.3 Å². The van der Waals surface area contributed by atoms with Crippen LogP contribution in [0.1, 0.15) is 16.3 Å². The Morgan fingerprint density at radius 2 is 2.22 bits per heavy atom. The van der Waals surface area contributed by atoms with Gasteiger partial charge in [-0.2, -0.15) is 0 Å². The van der Waals surface area contributed by atoms with Gasteiger partial charge in [0.15, 0.2) is 0 Å². The molecule has 1 aromatic carbocycles. The summed E-state index contributed by atoms with van der Waals surface area (Å²) in [5, 5.41) is 16.9. The molecule has 0 aliphatic heterocycles. The van der Waals surface area contributed by atoms with Crippen LogP contribution in [0.2, 0.25) is 0 Å². The first kappa shape index (κ1) is 12.5. The van der Waals surface area contributed by atoms with Crippen LogP contribution in [0.5, 0.6) is 0 Å². The zero-order valence-corrected chi connectivity index (χ0v) is 11.0. The van der Waals surface area contributed by atoms with Crippen molar-refractivity contribution in [1.82, 2.24) is 4.98 Å². The van der Waals surface area contributed by atoms with Crippen molar-refractivity contribution in [1.29, 1.82) is 0 Å². The van der Waals surface area contributed by atoms with Crippen LogP contribution in [0.4, 0.5) is 11.4 Å². The van der Waals surface area contributed by atoms with E-state index in [-0.39, 0.29) is 10.6 Å². The molecule has 18 heavy (non-hydrogen) atoms. The maximum Gasteiger partial charge on any atom is 0.274 e. The molecule has 0 unspecified atom stereocenters. The third-order valence-corrected chi connectivity index (χ3v) is 3.48. The number of rotatable bonds is 4. The highest BCUT2D eigenvalue weighted by Crippen LogP contribution is 2.22. The highest BCUT2D eigenvalue weighted by Gasteiger charge is 2.10. The van der Waals surface area contributed by atoms with Gasteiger partial charge in [-0.1, -0.05) is 6.07 Å². The molecular weight excluding hydrogens is 250 g/mol. The summed E-state index contributed by atoms with van der Waals surface area (Å²) in [6, 6.07) is 5.13. The number of aromatic nitrogens is 1. The largest absolute Gasteiger partial charge is 0.378 e. The Morgan fingerprint density at radius 1 is 1.44 bits per heavy atom. The minimum Gasteiger partial charge on any atom is -0.378 e. The van der Waals surface area contributed by atoms with E-state index in [1.54, 1.807) is 30.4 Å². The second kappa shape index (κ2) is 5.14. The molecule has 0 saturated carbocycles. The quantitative estimate of drug-likeness (QED) is 0.679. The van der Waals surface area contributed by atoms with Gasteiger partial charge in [-0.3, -0.25) is 10.1 Å². The molecule has 2 rings (SSSR count). The molecule has 6 heteroatoms. The Kier molecular flexibility index (Phi) is 3.57. The molecule has 0 fully saturated rings. The third-order valence-electron chi connectivity index (χ3n) is 2.52. The van der Waals surface area contributed by atoms with Crippen LogP contribution in [0.3, 0.4) is 0 Å². The summed E-state index contributed by atoms with van der Waals surface area (Å²) >= 11 is 1.57. The van der Waals surface area contributed by atoms with Gasteiger partial charge in [0, 0.05) is 28.4 Å². The molecule has 94 valence electrons. The minimum atomic E-state index is -0.367. The second-order valence-electron chi connectivity index (χ2n) is 3.99. The second-order valence-corrected chi connectivity index (χ2v) is 4.94.